The smallest absolute Gasteiger partial charge is 0.457 e. The van der Waals surface area contributed by atoms with E-state index in [4.69, 9.17) is 24.3 Å². The van der Waals surface area contributed by atoms with Gasteiger partial charge in [0.05, 0.1) is 19.8 Å². The summed E-state index contributed by atoms with van der Waals surface area (Å²) in [5.41, 5.74) is 5.36. The number of carbonyl (C=O) groups is 1. The first kappa shape index (κ1) is 50.7. The van der Waals surface area contributed by atoms with Crippen LogP contribution >= 0.6 is 7.82 Å². The number of rotatable bonds is 38. The number of nitrogens with two attached hydrogens (primary N) is 1. The lowest BCUT2D eigenvalue weighted by molar-refractivity contribution is -0.154. The topological polar surface area (TPSA) is 117 Å². The Morgan fingerprint density at radius 3 is 1.60 bits per heavy atom. The highest BCUT2D eigenvalue weighted by molar-refractivity contribution is 7.47. The minimum absolute atomic E-state index is 0.0681. The van der Waals surface area contributed by atoms with Gasteiger partial charge in [0.1, 0.15) is 6.10 Å². The third kappa shape index (κ3) is 40.7. The molecule has 0 saturated heterocycles. The van der Waals surface area contributed by atoms with Crippen molar-refractivity contribution in [2.45, 2.75) is 155 Å². The average molecular weight is 762 g/mol. The van der Waals surface area contributed by atoms with Gasteiger partial charge < -0.3 is 20.1 Å². The van der Waals surface area contributed by atoms with E-state index in [0.29, 0.717) is 6.61 Å². The van der Waals surface area contributed by atoms with Crippen molar-refractivity contribution < 1.29 is 32.8 Å². The van der Waals surface area contributed by atoms with E-state index in [1.807, 2.05) is 0 Å². The Kier molecular flexibility index (Phi) is 39.1. The fourth-order valence-electron chi connectivity index (χ4n) is 5.06. The summed E-state index contributed by atoms with van der Waals surface area (Å²) in [5.74, 6) is -0.363. The molecule has 9 heteroatoms. The number of unbranched alkanes of at least 4 members (excludes halogenated alkanes) is 11. The minimum atomic E-state index is -4.30. The van der Waals surface area contributed by atoms with Crippen molar-refractivity contribution in [2.75, 3.05) is 33.0 Å². The predicted molar refractivity (Wildman–Crippen MR) is 224 cm³/mol. The SMILES string of the molecule is CC/C=C\C/C=C\C/C=C\C/C=C\C/C=C\C/C=C\CCCOCC(COP(=O)(O)OCCN)OC(=O)CCCCCCC/C=C\CCCCCCC. The van der Waals surface area contributed by atoms with E-state index < -0.39 is 13.9 Å². The summed E-state index contributed by atoms with van der Waals surface area (Å²) < 4.78 is 33.3. The van der Waals surface area contributed by atoms with Gasteiger partial charge in [-0.15, -0.1) is 0 Å². The van der Waals surface area contributed by atoms with E-state index >= 15 is 0 Å². The predicted octanol–water partition coefficient (Wildman–Crippen LogP) is 12.1. The molecule has 0 aliphatic heterocycles. The summed E-state index contributed by atoms with van der Waals surface area (Å²) in [6, 6.07) is 0. The van der Waals surface area contributed by atoms with Crippen LogP contribution in [-0.4, -0.2) is 49.9 Å². The van der Waals surface area contributed by atoms with Crippen molar-refractivity contribution in [3.8, 4) is 0 Å². The van der Waals surface area contributed by atoms with Gasteiger partial charge >= 0.3 is 13.8 Å². The molecule has 0 rings (SSSR count). The number of phosphoric acid groups is 1. The summed E-state index contributed by atoms with van der Waals surface area (Å²) in [7, 11) is -4.30. The molecule has 0 aromatic rings. The van der Waals surface area contributed by atoms with Gasteiger partial charge in [0.15, 0.2) is 0 Å². The van der Waals surface area contributed by atoms with Gasteiger partial charge in [0.25, 0.3) is 0 Å². The van der Waals surface area contributed by atoms with Crippen LogP contribution in [0.1, 0.15) is 149 Å². The number of carbonyl (C=O) groups excluding carboxylic acids is 1. The maximum absolute atomic E-state index is 12.5. The Balaban J connectivity index is 4.21. The molecular weight excluding hydrogens is 685 g/mol. The first-order valence-electron chi connectivity index (χ1n) is 20.6. The van der Waals surface area contributed by atoms with Crippen LogP contribution in [0.15, 0.2) is 85.1 Å². The number of ether oxygens (including phenoxy) is 2. The zero-order chi connectivity index (χ0) is 38.8. The molecule has 0 aromatic heterocycles. The van der Waals surface area contributed by atoms with Crippen molar-refractivity contribution >= 4 is 13.8 Å². The van der Waals surface area contributed by atoms with E-state index in [9.17, 15) is 14.3 Å². The first-order valence-corrected chi connectivity index (χ1v) is 22.1. The fourth-order valence-corrected chi connectivity index (χ4v) is 5.83. The largest absolute Gasteiger partial charge is 0.472 e. The molecule has 8 nitrogen and oxygen atoms in total. The normalized spacial score (nSPS) is 14.4. The van der Waals surface area contributed by atoms with Gasteiger partial charge in [-0.05, 0) is 83.5 Å². The molecule has 0 aliphatic carbocycles. The Labute approximate surface area is 324 Å². The van der Waals surface area contributed by atoms with Crippen LogP contribution in [-0.2, 0) is 27.9 Å². The standard InChI is InChI=1S/C44H76NO7P/c1-3-5-7-9-11-13-15-17-19-20-21-22-23-24-26-28-30-32-34-36-39-49-41-43(42-51-53(47,48)50-40-38-45)52-44(46)37-35-33-31-29-27-25-18-16-14-12-10-8-6-4-2/h5,7,11,13,16-19,21-22,24,26,30,32,43H,3-4,6,8-10,12,14-15,20,23,25,27-29,31,33-42,45H2,1-2H3,(H,47,48)/b7-5-,13-11-,18-16-,19-17-,22-21-,26-24-,32-30-. The third-order valence-electron chi connectivity index (χ3n) is 8.05. The van der Waals surface area contributed by atoms with Crippen LogP contribution in [0.4, 0.5) is 0 Å². The zero-order valence-electron chi connectivity index (χ0n) is 33.5. The van der Waals surface area contributed by atoms with Gasteiger partial charge in [0, 0.05) is 19.6 Å². The van der Waals surface area contributed by atoms with E-state index in [0.717, 1.165) is 83.5 Å². The molecule has 0 bridgehead atoms. The Hall–Kier alpha value is -2.32. The quantitative estimate of drug-likeness (QED) is 0.0276. The van der Waals surface area contributed by atoms with Gasteiger partial charge in [-0.2, -0.15) is 0 Å². The lowest BCUT2D eigenvalue weighted by Gasteiger charge is -2.20. The van der Waals surface area contributed by atoms with Crippen molar-refractivity contribution in [3.63, 3.8) is 0 Å². The molecule has 2 atom stereocenters. The van der Waals surface area contributed by atoms with Gasteiger partial charge in [-0.1, -0.05) is 144 Å². The number of hydrogen-bond donors (Lipinski definition) is 2. The average Bonchev–Trinajstić information content (AvgIpc) is 3.15. The molecule has 53 heavy (non-hydrogen) atoms. The van der Waals surface area contributed by atoms with Crippen molar-refractivity contribution in [3.05, 3.63) is 85.1 Å². The Bertz CT molecular complexity index is 1080. The van der Waals surface area contributed by atoms with Crippen LogP contribution in [0.3, 0.4) is 0 Å². The van der Waals surface area contributed by atoms with Crippen LogP contribution in [0, 0.1) is 0 Å². The summed E-state index contributed by atoms with van der Waals surface area (Å²) in [6.45, 7) is 4.60. The summed E-state index contributed by atoms with van der Waals surface area (Å²) in [4.78, 5) is 22.4. The molecule has 0 amide bonds. The van der Waals surface area contributed by atoms with E-state index in [1.54, 1.807) is 0 Å². The Morgan fingerprint density at radius 1 is 0.585 bits per heavy atom. The second-order valence-corrected chi connectivity index (χ2v) is 14.6. The molecular formula is C44H76NO7P. The molecule has 304 valence electrons. The second kappa shape index (κ2) is 40.9. The highest BCUT2D eigenvalue weighted by Crippen LogP contribution is 2.43. The molecule has 0 heterocycles. The van der Waals surface area contributed by atoms with Crippen LogP contribution in [0.5, 0.6) is 0 Å². The lowest BCUT2D eigenvalue weighted by atomic mass is 10.1. The monoisotopic (exact) mass is 762 g/mol. The van der Waals surface area contributed by atoms with Crippen LogP contribution < -0.4 is 5.73 Å². The molecule has 0 saturated carbocycles. The summed E-state index contributed by atoms with van der Waals surface area (Å²) in [5, 5.41) is 0. The van der Waals surface area contributed by atoms with E-state index in [-0.39, 0.29) is 38.8 Å². The Morgan fingerprint density at radius 2 is 1.06 bits per heavy atom. The minimum Gasteiger partial charge on any atom is -0.457 e. The highest BCUT2D eigenvalue weighted by Gasteiger charge is 2.25. The lowest BCUT2D eigenvalue weighted by Crippen LogP contribution is -2.28. The molecule has 2 unspecified atom stereocenters. The van der Waals surface area contributed by atoms with Gasteiger partial charge in [0.2, 0.25) is 0 Å². The summed E-state index contributed by atoms with van der Waals surface area (Å²) in [6.07, 6.45) is 51.8. The van der Waals surface area contributed by atoms with E-state index in [1.165, 1.54) is 44.9 Å². The number of esters is 1. The molecule has 0 radical (unpaired) electrons. The highest BCUT2D eigenvalue weighted by atomic mass is 31.2. The van der Waals surface area contributed by atoms with Crippen molar-refractivity contribution in [1.29, 1.82) is 0 Å². The van der Waals surface area contributed by atoms with Crippen molar-refractivity contribution in [2.24, 2.45) is 5.73 Å². The van der Waals surface area contributed by atoms with Crippen LogP contribution in [0.2, 0.25) is 0 Å². The van der Waals surface area contributed by atoms with Gasteiger partial charge in [-0.3, -0.25) is 13.8 Å². The number of phosphoric ester groups is 1. The number of allylic oxidation sites excluding steroid dienone is 14. The molecule has 0 spiro atoms. The third-order valence-corrected chi connectivity index (χ3v) is 9.03. The summed E-state index contributed by atoms with van der Waals surface area (Å²) >= 11 is 0. The molecule has 0 aliphatic rings. The van der Waals surface area contributed by atoms with Crippen LogP contribution in [0.25, 0.3) is 0 Å². The maximum Gasteiger partial charge on any atom is 0.472 e. The molecule has 3 N–H and O–H groups in total. The zero-order valence-corrected chi connectivity index (χ0v) is 34.4. The maximum atomic E-state index is 12.5. The van der Waals surface area contributed by atoms with E-state index in [2.05, 4.69) is 98.9 Å². The van der Waals surface area contributed by atoms with Gasteiger partial charge in [-0.25, -0.2) is 4.57 Å². The van der Waals surface area contributed by atoms with Crippen molar-refractivity contribution in [1.82, 2.24) is 0 Å². The molecule has 0 aromatic carbocycles. The molecule has 0 fully saturated rings. The second-order valence-electron chi connectivity index (χ2n) is 13.1. The fraction of sp³-hybridized carbons (Fsp3) is 0.659. The first-order chi connectivity index (χ1) is 25.9. The number of hydrogen-bond acceptors (Lipinski definition) is 7.